The van der Waals surface area contributed by atoms with Crippen LogP contribution in [0.25, 0.3) is 0 Å². The Balaban J connectivity index is 1.82. The number of fused-ring (bicyclic) bond motifs is 2. The van der Waals surface area contributed by atoms with Gasteiger partial charge in [-0.25, -0.2) is 19.8 Å². The molecule has 0 aromatic heterocycles. The van der Waals surface area contributed by atoms with Crippen molar-refractivity contribution in [1.82, 2.24) is 10.0 Å². The molecule has 0 saturated heterocycles. The maximum Gasteiger partial charge on any atom is 0.377 e. The molecule has 8 nitrogen and oxygen atoms in total. The lowest BCUT2D eigenvalue weighted by Gasteiger charge is -2.34. The van der Waals surface area contributed by atoms with Gasteiger partial charge in [0, 0.05) is 12.1 Å². The fourth-order valence-electron chi connectivity index (χ4n) is 3.18. The molecular weight excluding hydrogens is 382 g/mol. The van der Waals surface area contributed by atoms with Crippen molar-refractivity contribution in [3.8, 4) is 0 Å². The van der Waals surface area contributed by atoms with Crippen LogP contribution in [0, 0.1) is 0 Å². The first kappa shape index (κ1) is 18.1. The van der Waals surface area contributed by atoms with Crippen molar-refractivity contribution in [2.75, 3.05) is 24.0 Å². The molecule has 2 heterocycles. The van der Waals surface area contributed by atoms with Gasteiger partial charge in [0.05, 0.1) is 23.5 Å². The molecule has 0 aliphatic carbocycles. The summed E-state index contributed by atoms with van der Waals surface area (Å²) < 4.78 is 5.15. The number of ether oxygens (including phenoxy) is 1. The van der Waals surface area contributed by atoms with E-state index in [0.717, 1.165) is 0 Å². The van der Waals surface area contributed by atoms with Gasteiger partial charge in [0.2, 0.25) is 6.29 Å². The number of carbonyl (C=O) groups excluding carboxylic acids is 2. The average molecular weight is 400 g/mol. The lowest BCUT2D eigenvalue weighted by Crippen LogP contribution is -2.56. The van der Waals surface area contributed by atoms with Crippen LogP contribution in [0.4, 0.5) is 11.4 Å². The summed E-state index contributed by atoms with van der Waals surface area (Å²) in [4.78, 5) is 25.6. The smallest absolute Gasteiger partial charge is 0.377 e. The molecule has 4 rings (SSSR count). The van der Waals surface area contributed by atoms with E-state index in [1.165, 1.54) is 10.0 Å². The molecule has 0 bridgehead atoms. The van der Waals surface area contributed by atoms with E-state index in [4.69, 9.17) is 16.3 Å². The minimum absolute atomic E-state index is 0.0120. The van der Waals surface area contributed by atoms with Gasteiger partial charge in [-0.1, -0.05) is 23.7 Å². The Morgan fingerprint density at radius 2 is 1.93 bits per heavy atom. The fraction of sp³-hybridized carbons (Fsp3) is 0.211. The number of hydrazone groups is 1. The molecule has 2 aliphatic heterocycles. The van der Waals surface area contributed by atoms with Crippen LogP contribution in [0.3, 0.4) is 0 Å². The lowest BCUT2D eigenvalue weighted by atomic mass is 10.1. The fourth-order valence-corrected chi connectivity index (χ4v) is 3.31. The number of hydrogen-bond acceptors (Lipinski definition) is 7. The molecule has 1 N–H and O–H groups in total. The molecule has 9 heteroatoms. The van der Waals surface area contributed by atoms with Gasteiger partial charge in [-0.2, -0.15) is 0 Å². The Morgan fingerprint density at radius 1 is 1.21 bits per heavy atom. The Morgan fingerprint density at radius 3 is 2.64 bits per heavy atom. The van der Waals surface area contributed by atoms with Crippen molar-refractivity contribution in [2.24, 2.45) is 5.10 Å². The van der Waals surface area contributed by atoms with Gasteiger partial charge in [0.1, 0.15) is 0 Å². The van der Waals surface area contributed by atoms with Crippen molar-refractivity contribution < 1.29 is 14.3 Å². The van der Waals surface area contributed by atoms with Gasteiger partial charge in [-0.3, -0.25) is 4.79 Å². The number of carbonyl (C=O) groups is 2. The number of hydrogen-bond donors (Lipinski definition) is 1. The number of amidine groups is 1. The number of nitrogens with zero attached hydrogens (tertiary/aromatic N) is 4. The third kappa shape index (κ3) is 2.91. The van der Waals surface area contributed by atoms with Gasteiger partial charge in [-0.05, 0) is 43.3 Å². The van der Waals surface area contributed by atoms with E-state index in [9.17, 15) is 9.59 Å². The van der Waals surface area contributed by atoms with E-state index < -0.39 is 12.3 Å². The van der Waals surface area contributed by atoms with E-state index in [2.05, 4.69) is 10.4 Å². The highest BCUT2D eigenvalue weighted by molar-refractivity contribution is 6.36. The van der Waals surface area contributed by atoms with Gasteiger partial charge in [0.15, 0.2) is 0 Å². The van der Waals surface area contributed by atoms with Crippen LogP contribution >= 0.6 is 11.6 Å². The second-order valence-electron chi connectivity index (χ2n) is 6.20. The molecule has 0 spiro atoms. The van der Waals surface area contributed by atoms with E-state index in [1.54, 1.807) is 55.4 Å². The van der Waals surface area contributed by atoms with E-state index in [-0.39, 0.29) is 18.3 Å². The SMILES string of the molecule is CCOC(=O)C1=NN(c2ccc(Cl)cc2)[C@H]2Nc3ccccc3C(=O)N(C)N12. The van der Waals surface area contributed by atoms with E-state index >= 15 is 0 Å². The minimum Gasteiger partial charge on any atom is -0.460 e. The third-order valence-corrected chi connectivity index (χ3v) is 4.74. The summed E-state index contributed by atoms with van der Waals surface area (Å²) in [5, 5.41) is 12.8. The molecule has 0 radical (unpaired) electrons. The molecule has 0 unspecified atom stereocenters. The van der Waals surface area contributed by atoms with Crippen LogP contribution in [0.1, 0.15) is 17.3 Å². The summed E-state index contributed by atoms with van der Waals surface area (Å²) in [7, 11) is 1.60. The lowest BCUT2D eigenvalue weighted by molar-refractivity contribution is -0.136. The second-order valence-corrected chi connectivity index (χ2v) is 6.64. The number of para-hydroxylation sites is 1. The van der Waals surface area contributed by atoms with Gasteiger partial charge >= 0.3 is 5.97 Å². The number of anilines is 2. The average Bonchev–Trinajstić information content (AvgIpc) is 3.02. The number of rotatable bonds is 3. The van der Waals surface area contributed by atoms with E-state index in [1.807, 2.05) is 12.1 Å². The van der Waals surface area contributed by atoms with Crippen LogP contribution < -0.4 is 10.3 Å². The number of esters is 1. The van der Waals surface area contributed by atoms with Crippen LogP contribution in [-0.4, -0.2) is 47.7 Å². The minimum atomic E-state index is -0.641. The zero-order valence-electron chi connectivity index (χ0n) is 15.3. The van der Waals surface area contributed by atoms with Crippen LogP contribution in [-0.2, 0) is 9.53 Å². The largest absolute Gasteiger partial charge is 0.460 e. The molecule has 1 atom stereocenters. The second kappa shape index (κ2) is 7.05. The molecule has 0 saturated carbocycles. The molecule has 144 valence electrons. The Kier molecular flexibility index (Phi) is 4.56. The van der Waals surface area contributed by atoms with Crippen LogP contribution in [0.15, 0.2) is 53.6 Å². The number of hydrazine groups is 1. The van der Waals surface area contributed by atoms with Crippen molar-refractivity contribution in [1.29, 1.82) is 0 Å². The van der Waals surface area contributed by atoms with Crippen molar-refractivity contribution in [3.05, 3.63) is 59.1 Å². The Labute approximate surface area is 166 Å². The van der Waals surface area contributed by atoms with Gasteiger partial charge in [-0.15, -0.1) is 5.10 Å². The normalized spacial score (nSPS) is 18.1. The number of amides is 1. The Bertz CT molecular complexity index is 962. The van der Waals surface area contributed by atoms with Gasteiger partial charge in [0.25, 0.3) is 11.7 Å². The maximum absolute atomic E-state index is 13.0. The first-order chi connectivity index (χ1) is 13.5. The highest BCUT2D eigenvalue weighted by atomic mass is 35.5. The summed E-state index contributed by atoms with van der Waals surface area (Å²) in [5.74, 6) is -0.866. The quantitative estimate of drug-likeness (QED) is 0.800. The molecule has 0 fully saturated rings. The monoisotopic (exact) mass is 399 g/mol. The van der Waals surface area contributed by atoms with Crippen LogP contribution in [0.5, 0.6) is 0 Å². The molecule has 2 aromatic rings. The van der Waals surface area contributed by atoms with Crippen molar-refractivity contribution in [3.63, 3.8) is 0 Å². The molecule has 2 aromatic carbocycles. The van der Waals surface area contributed by atoms with Crippen molar-refractivity contribution >= 4 is 40.7 Å². The molecule has 1 amide bonds. The molecule has 2 aliphatic rings. The highest BCUT2D eigenvalue weighted by Crippen LogP contribution is 2.32. The van der Waals surface area contributed by atoms with Crippen LogP contribution in [0.2, 0.25) is 5.02 Å². The zero-order valence-corrected chi connectivity index (χ0v) is 16.1. The van der Waals surface area contributed by atoms with E-state index in [0.29, 0.717) is 22.0 Å². The summed E-state index contributed by atoms with van der Waals surface area (Å²) in [6.45, 7) is 1.91. The highest BCUT2D eigenvalue weighted by Gasteiger charge is 2.45. The maximum atomic E-state index is 13.0. The summed E-state index contributed by atoms with van der Waals surface area (Å²) in [6.07, 6.45) is -0.641. The Hall–Kier alpha value is -3.26. The summed E-state index contributed by atoms with van der Waals surface area (Å²) in [5.41, 5.74) is 1.84. The first-order valence-corrected chi connectivity index (χ1v) is 9.12. The summed E-state index contributed by atoms with van der Waals surface area (Å²) >= 11 is 6.00. The number of nitrogens with one attached hydrogen (secondary N) is 1. The summed E-state index contributed by atoms with van der Waals surface area (Å²) in [6, 6.07) is 14.2. The standard InChI is InChI=1S/C19H18ClN5O3/c1-3-28-18(27)16-22-24(13-10-8-12(20)9-11-13)19-21-15-7-5-4-6-14(15)17(26)23(2)25(16)19/h4-11,19,21H,3H2,1-2H3/t19-/m1/s1. The van der Waals surface area contributed by atoms with Crippen molar-refractivity contribution in [2.45, 2.75) is 13.2 Å². The third-order valence-electron chi connectivity index (χ3n) is 4.49. The molecule has 28 heavy (non-hydrogen) atoms. The number of benzene rings is 2. The predicted octanol–water partition coefficient (Wildman–Crippen LogP) is 2.73. The first-order valence-electron chi connectivity index (χ1n) is 8.74. The predicted molar refractivity (Wildman–Crippen MR) is 106 cm³/mol. The van der Waals surface area contributed by atoms with Gasteiger partial charge < -0.3 is 10.1 Å². The molecular formula is C19H18ClN5O3. The number of halogens is 1. The zero-order chi connectivity index (χ0) is 19.8. The topological polar surface area (TPSA) is 77.5 Å².